The maximum Gasteiger partial charge on any atom is 0.125 e. The normalized spacial score (nSPS) is 12.3. The lowest BCUT2D eigenvalue weighted by Crippen LogP contribution is -2.07. The van der Waals surface area contributed by atoms with Crippen molar-refractivity contribution in [2.45, 2.75) is 13.0 Å². The summed E-state index contributed by atoms with van der Waals surface area (Å²) in [4.78, 5) is 0. The SMILES string of the molecule is CC(Nc1c(Cl)cc(F)cc1Br)c1cccc(Cl)c1. The van der Waals surface area contributed by atoms with Crippen molar-refractivity contribution < 1.29 is 4.39 Å². The topological polar surface area (TPSA) is 12.0 Å². The highest BCUT2D eigenvalue weighted by atomic mass is 79.9. The number of hydrogen-bond donors (Lipinski definition) is 1. The van der Waals surface area contributed by atoms with Crippen LogP contribution in [0.5, 0.6) is 0 Å². The Morgan fingerprint density at radius 2 is 1.95 bits per heavy atom. The third-order valence-electron chi connectivity index (χ3n) is 2.72. The molecule has 1 nitrogen and oxygen atoms in total. The first-order chi connectivity index (χ1) is 8.97. The molecule has 0 aliphatic rings. The van der Waals surface area contributed by atoms with Gasteiger partial charge in [-0.3, -0.25) is 0 Å². The van der Waals surface area contributed by atoms with Crippen LogP contribution < -0.4 is 5.32 Å². The summed E-state index contributed by atoms with van der Waals surface area (Å²) >= 11 is 15.3. The Kier molecular flexibility index (Phi) is 4.71. The van der Waals surface area contributed by atoms with Gasteiger partial charge in [0.1, 0.15) is 5.82 Å². The lowest BCUT2D eigenvalue weighted by atomic mass is 10.1. The average Bonchev–Trinajstić information content (AvgIpc) is 2.33. The Morgan fingerprint density at radius 3 is 2.58 bits per heavy atom. The van der Waals surface area contributed by atoms with Crippen LogP contribution in [0.3, 0.4) is 0 Å². The van der Waals surface area contributed by atoms with E-state index in [9.17, 15) is 4.39 Å². The van der Waals surface area contributed by atoms with Crippen LogP contribution in [0.4, 0.5) is 10.1 Å². The van der Waals surface area contributed by atoms with Crippen LogP contribution in [-0.2, 0) is 0 Å². The number of nitrogens with one attached hydrogen (secondary N) is 1. The maximum absolute atomic E-state index is 13.2. The number of benzene rings is 2. The van der Waals surface area contributed by atoms with E-state index in [-0.39, 0.29) is 11.9 Å². The summed E-state index contributed by atoms with van der Waals surface area (Å²) in [5, 5.41) is 4.26. The van der Waals surface area contributed by atoms with Crippen molar-refractivity contribution in [2.75, 3.05) is 5.32 Å². The first-order valence-electron chi connectivity index (χ1n) is 5.64. The number of hydrogen-bond acceptors (Lipinski definition) is 1. The molecule has 100 valence electrons. The van der Waals surface area contributed by atoms with Crippen molar-refractivity contribution in [3.63, 3.8) is 0 Å². The molecular weight excluding hydrogens is 352 g/mol. The third kappa shape index (κ3) is 3.62. The van der Waals surface area contributed by atoms with Crippen LogP contribution in [0.2, 0.25) is 10.0 Å². The van der Waals surface area contributed by atoms with Gasteiger partial charge >= 0.3 is 0 Å². The van der Waals surface area contributed by atoms with Gasteiger partial charge in [-0.1, -0.05) is 35.3 Å². The van der Waals surface area contributed by atoms with Crippen molar-refractivity contribution in [2.24, 2.45) is 0 Å². The first-order valence-corrected chi connectivity index (χ1v) is 7.19. The summed E-state index contributed by atoms with van der Waals surface area (Å²) in [6.07, 6.45) is 0. The predicted molar refractivity (Wildman–Crippen MR) is 82.6 cm³/mol. The summed E-state index contributed by atoms with van der Waals surface area (Å²) in [6.45, 7) is 1.98. The van der Waals surface area contributed by atoms with E-state index in [1.165, 1.54) is 12.1 Å². The van der Waals surface area contributed by atoms with Gasteiger partial charge in [0.25, 0.3) is 0 Å². The molecule has 0 saturated heterocycles. The van der Waals surface area contributed by atoms with E-state index >= 15 is 0 Å². The number of rotatable bonds is 3. The zero-order valence-corrected chi connectivity index (χ0v) is 13.2. The molecular formula is C14H11BrCl2FN. The van der Waals surface area contributed by atoms with Gasteiger partial charge in [0.05, 0.1) is 10.7 Å². The first kappa shape index (κ1) is 14.6. The zero-order valence-electron chi connectivity index (χ0n) is 10.1. The number of anilines is 1. The lowest BCUT2D eigenvalue weighted by Gasteiger charge is -2.18. The average molecular weight is 363 g/mol. The van der Waals surface area contributed by atoms with Gasteiger partial charge in [0.2, 0.25) is 0 Å². The molecule has 0 aliphatic heterocycles. The van der Waals surface area contributed by atoms with Crippen LogP contribution in [0.1, 0.15) is 18.5 Å². The molecule has 0 radical (unpaired) electrons. The molecule has 1 unspecified atom stereocenters. The van der Waals surface area contributed by atoms with E-state index in [1.807, 2.05) is 31.2 Å². The van der Waals surface area contributed by atoms with Crippen molar-refractivity contribution in [1.82, 2.24) is 0 Å². The monoisotopic (exact) mass is 361 g/mol. The summed E-state index contributed by atoms with van der Waals surface area (Å²) in [5.41, 5.74) is 1.69. The van der Waals surface area contributed by atoms with Crippen LogP contribution >= 0.6 is 39.1 Å². The van der Waals surface area contributed by atoms with Crippen molar-refractivity contribution >= 4 is 44.8 Å². The van der Waals surface area contributed by atoms with Crippen molar-refractivity contribution in [1.29, 1.82) is 0 Å². The highest BCUT2D eigenvalue weighted by Crippen LogP contribution is 2.34. The van der Waals surface area contributed by atoms with Crippen LogP contribution in [0.15, 0.2) is 40.9 Å². The minimum absolute atomic E-state index is 0.00189. The Bertz CT molecular complexity index is 581. The summed E-state index contributed by atoms with van der Waals surface area (Å²) < 4.78 is 13.8. The molecule has 0 heterocycles. The highest BCUT2D eigenvalue weighted by molar-refractivity contribution is 9.10. The summed E-state index contributed by atoms with van der Waals surface area (Å²) in [5.74, 6) is -0.377. The molecule has 0 aromatic heterocycles. The van der Waals surface area contributed by atoms with Crippen molar-refractivity contribution in [3.8, 4) is 0 Å². The number of halogens is 4. The lowest BCUT2D eigenvalue weighted by molar-refractivity contribution is 0.627. The molecule has 0 bridgehead atoms. The summed E-state index contributed by atoms with van der Waals surface area (Å²) in [6, 6.07) is 10.2. The zero-order chi connectivity index (χ0) is 14.0. The van der Waals surface area contributed by atoms with E-state index in [0.717, 1.165) is 5.56 Å². The van der Waals surface area contributed by atoms with Crippen LogP contribution in [0, 0.1) is 5.82 Å². The molecule has 0 saturated carbocycles. The van der Waals surface area contributed by atoms with Gasteiger partial charge in [-0.05, 0) is 52.7 Å². The Morgan fingerprint density at radius 1 is 1.21 bits per heavy atom. The minimum atomic E-state index is -0.377. The second-order valence-corrected chi connectivity index (χ2v) is 5.86. The fourth-order valence-corrected chi connectivity index (χ4v) is 2.88. The smallest absolute Gasteiger partial charge is 0.125 e. The van der Waals surface area contributed by atoms with Gasteiger partial charge in [-0.2, -0.15) is 0 Å². The third-order valence-corrected chi connectivity index (χ3v) is 3.88. The van der Waals surface area contributed by atoms with E-state index in [0.29, 0.717) is 20.2 Å². The van der Waals surface area contributed by atoms with Gasteiger partial charge in [0, 0.05) is 15.5 Å². The minimum Gasteiger partial charge on any atom is -0.376 e. The molecule has 0 amide bonds. The molecule has 19 heavy (non-hydrogen) atoms. The van der Waals surface area contributed by atoms with Gasteiger partial charge in [0.15, 0.2) is 0 Å². The summed E-state index contributed by atoms with van der Waals surface area (Å²) in [7, 11) is 0. The Hall–Kier alpha value is -0.770. The van der Waals surface area contributed by atoms with Gasteiger partial charge < -0.3 is 5.32 Å². The molecule has 1 atom stereocenters. The van der Waals surface area contributed by atoms with Gasteiger partial charge in [-0.15, -0.1) is 0 Å². The molecule has 1 N–H and O–H groups in total. The highest BCUT2D eigenvalue weighted by Gasteiger charge is 2.12. The molecule has 0 spiro atoms. The molecule has 0 aliphatic carbocycles. The molecule has 2 rings (SSSR count). The quantitative estimate of drug-likeness (QED) is 0.698. The second-order valence-electron chi connectivity index (χ2n) is 4.17. The largest absolute Gasteiger partial charge is 0.376 e. The van der Waals surface area contributed by atoms with Crippen LogP contribution in [0.25, 0.3) is 0 Å². The fourth-order valence-electron chi connectivity index (χ4n) is 1.76. The maximum atomic E-state index is 13.2. The van der Waals surface area contributed by atoms with Gasteiger partial charge in [-0.25, -0.2) is 4.39 Å². The van der Waals surface area contributed by atoms with E-state index in [4.69, 9.17) is 23.2 Å². The van der Waals surface area contributed by atoms with E-state index < -0.39 is 0 Å². The molecule has 2 aromatic rings. The molecule has 0 fully saturated rings. The van der Waals surface area contributed by atoms with E-state index in [2.05, 4.69) is 21.2 Å². The van der Waals surface area contributed by atoms with Crippen LogP contribution in [-0.4, -0.2) is 0 Å². The van der Waals surface area contributed by atoms with Crippen molar-refractivity contribution in [3.05, 3.63) is 62.3 Å². The molecule has 2 aromatic carbocycles. The standard InChI is InChI=1S/C14H11BrCl2FN/c1-8(9-3-2-4-10(16)5-9)19-14-12(15)6-11(18)7-13(14)17/h2-8,19H,1H3. The Labute approximate surface area is 129 Å². The second kappa shape index (κ2) is 6.12. The Balaban J connectivity index is 2.26. The molecule has 5 heteroatoms. The van der Waals surface area contributed by atoms with E-state index in [1.54, 1.807) is 0 Å². The predicted octanol–water partition coefficient (Wildman–Crippen LogP) is 6.07. The fraction of sp³-hybridized carbons (Fsp3) is 0.143.